The lowest BCUT2D eigenvalue weighted by Gasteiger charge is -2.31. The SMILES string of the molecule is CC(C1CC1)N(C(=O)c1ccc(Cl)cc1)c1cccc(C(=O)Nc2c(Br)cc(C(F)(C(F)(F)F)C(F)(F)F)cc2C(F)(F)F)c1F. The molecule has 1 N–H and O–H groups in total. The van der Waals surface area contributed by atoms with Gasteiger partial charge >= 0.3 is 24.2 Å². The minimum absolute atomic E-state index is 0.0482. The standard InChI is InChI=1S/C29H19BrClF11N2O2/c1-13(14-5-6-14)44(25(46)15-7-9-17(31)10-8-15)21-4-2-3-18(22(21)32)24(45)43-23-19(27(34,35)36)11-16(12-20(23)30)26(33,28(37,38)39)29(40,41)42/h2-4,7-14H,5-6H2,1H3,(H,43,45). The zero-order chi connectivity index (χ0) is 34.6. The van der Waals surface area contributed by atoms with Gasteiger partial charge in [-0.05, 0) is 90.1 Å². The second-order valence-corrected chi connectivity index (χ2v) is 11.7. The number of carbonyl (C=O) groups is 2. The Balaban J connectivity index is 1.79. The second kappa shape index (κ2) is 12.3. The van der Waals surface area contributed by atoms with E-state index in [4.69, 9.17) is 11.6 Å². The summed E-state index contributed by atoms with van der Waals surface area (Å²) in [6, 6.07) is 7.07. The normalized spacial score (nSPS) is 15.0. The molecule has 4 rings (SSSR count). The number of carbonyl (C=O) groups excluding carboxylic acids is 2. The van der Waals surface area contributed by atoms with E-state index in [-0.39, 0.29) is 17.5 Å². The Morgan fingerprint density at radius 3 is 1.98 bits per heavy atom. The summed E-state index contributed by atoms with van der Waals surface area (Å²) < 4.78 is 151. The molecule has 46 heavy (non-hydrogen) atoms. The monoisotopic (exact) mass is 750 g/mol. The fourth-order valence-electron chi connectivity index (χ4n) is 4.74. The topological polar surface area (TPSA) is 49.4 Å². The van der Waals surface area contributed by atoms with Crippen LogP contribution in [0, 0.1) is 11.7 Å². The first kappa shape index (κ1) is 35.5. The lowest BCUT2D eigenvalue weighted by atomic mass is 9.92. The summed E-state index contributed by atoms with van der Waals surface area (Å²) in [6.45, 7) is 1.62. The van der Waals surface area contributed by atoms with Gasteiger partial charge in [-0.15, -0.1) is 0 Å². The van der Waals surface area contributed by atoms with Crippen LogP contribution in [0.3, 0.4) is 0 Å². The third kappa shape index (κ3) is 6.68. The number of benzene rings is 3. The van der Waals surface area contributed by atoms with Gasteiger partial charge in [0.1, 0.15) is 0 Å². The average molecular weight is 752 g/mol. The lowest BCUT2D eigenvalue weighted by Crippen LogP contribution is -2.50. The first-order chi connectivity index (χ1) is 21.1. The molecule has 0 bridgehead atoms. The van der Waals surface area contributed by atoms with E-state index in [0.717, 1.165) is 23.1 Å². The van der Waals surface area contributed by atoms with E-state index >= 15 is 4.39 Å². The van der Waals surface area contributed by atoms with Gasteiger partial charge in [0.25, 0.3) is 11.8 Å². The van der Waals surface area contributed by atoms with Crippen LogP contribution in [-0.4, -0.2) is 30.2 Å². The molecular weight excluding hydrogens is 733 g/mol. The van der Waals surface area contributed by atoms with Gasteiger partial charge in [-0.25, -0.2) is 8.78 Å². The Kier molecular flexibility index (Phi) is 9.50. The van der Waals surface area contributed by atoms with Crippen LogP contribution in [0.1, 0.15) is 51.6 Å². The number of nitrogens with one attached hydrogen (secondary N) is 1. The Bertz CT molecular complexity index is 1640. The number of alkyl halides is 10. The van der Waals surface area contributed by atoms with E-state index in [9.17, 15) is 53.5 Å². The smallest absolute Gasteiger partial charge is 0.320 e. The molecule has 0 aromatic heterocycles. The molecule has 3 aromatic carbocycles. The lowest BCUT2D eigenvalue weighted by molar-refractivity contribution is -0.348. The van der Waals surface area contributed by atoms with Crippen LogP contribution in [0.25, 0.3) is 0 Å². The van der Waals surface area contributed by atoms with Crippen molar-refractivity contribution in [1.29, 1.82) is 0 Å². The van der Waals surface area contributed by atoms with E-state index in [0.29, 0.717) is 17.9 Å². The zero-order valence-corrected chi connectivity index (χ0v) is 25.3. The third-order valence-corrected chi connectivity index (χ3v) is 8.19. The van der Waals surface area contributed by atoms with Gasteiger partial charge in [0.05, 0.1) is 22.5 Å². The maximum absolute atomic E-state index is 16.0. The number of hydrogen-bond acceptors (Lipinski definition) is 2. The molecule has 1 aliphatic carbocycles. The molecule has 1 fully saturated rings. The molecule has 0 aliphatic heterocycles. The Morgan fingerprint density at radius 2 is 1.48 bits per heavy atom. The van der Waals surface area contributed by atoms with Crippen LogP contribution in [-0.2, 0) is 11.8 Å². The Hall–Kier alpha value is -3.40. The maximum atomic E-state index is 16.0. The van der Waals surface area contributed by atoms with Crippen LogP contribution in [0.2, 0.25) is 5.02 Å². The number of nitrogens with zero attached hydrogens (tertiary/aromatic N) is 1. The van der Waals surface area contributed by atoms with Crippen molar-refractivity contribution < 1.29 is 57.9 Å². The summed E-state index contributed by atoms with van der Waals surface area (Å²) in [5, 5.41) is 1.95. The quantitative estimate of drug-likeness (QED) is 0.245. The molecule has 1 atom stereocenters. The summed E-state index contributed by atoms with van der Waals surface area (Å²) >= 11 is 8.28. The predicted octanol–water partition coefficient (Wildman–Crippen LogP) is 10.2. The molecular formula is C29H19BrClF11N2O2. The fourth-order valence-corrected chi connectivity index (χ4v) is 5.43. The van der Waals surface area contributed by atoms with Crippen molar-refractivity contribution in [3.05, 3.63) is 92.2 Å². The van der Waals surface area contributed by atoms with Gasteiger partial charge in [-0.2, -0.15) is 39.5 Å². The highest BCUT2D eigenvalue weighted by Crippen LogP contribution is 2.55. The number of hydrogen-bond donors (Lipinski definition) is 1. The summed E-state index contributed by atoms with van der Waals surface area (Å²) in [7, 11) is 0. The highest BCUT2D eigenvalue weighted by molar-refractivity contribution is 9.10. The largest absolute Gasteiger partial charge is 0.435 e. The van der Waals surface area contributed by atoms with Crippen LogP contribution >= 0.6 is 27.5 Å². The summed E-state index contributed by atoms with van der Waals surface area (Å²) in [4.78, 5) is 27.7. The molecule has 1 unspecified atom stereocenters. The number of amides is 2. The summed E-state index contributed by atoms with van der Waals surface area (Å²) in [5.74, 6) is -3.73. The van der Waals surface area contributed by atoms with Gasteiger partial charge < -0.3 is 10.2 Å². The molecule has 4 nitrogen and oxygen atoms in total. The van der Waals surface area contributed by atoms with Crippen molar-refractivity contribution in [3.63, 3.8) is 0 Å². The van der Waals surface area contributed by atoms with Crippen LogP contribution in [0.5, 0.6) is 0 Å². The zero-order valence-electron chi connectivity index (χ0n) is 22.9. The van der Waals surface area contributed by atoms with Crippen molar-refractivity contribution in [1.82, 2.24) is 0 Å². The van der Waals surface area contributed by atoms with Gasteiger partial charge in [-0.1, -0.05) is 17.7 Å². The number of rotatable bonds is 7. The molecule has 3 aromatic rings. The van der Waals surface area contributed by atoms with Gasteiger partial charge in [0.15, 0.2) is 5.82 Å². The Labute approximate surface area is 266 Å². The summed E-state index contributed by atoms with van der Waals surface area (Å²) in [6.07, 6.45) is -17.8. The van der Waals surface area contributed by atoms with Crippen LogP contribution < -0.4 is 10.2 Å². The minimum atomic E-state index is -6.73. The predicted molar refractivity (Wildman–Crippen MR) is 149 cm³/mol. The first-order valence-electron chi connectivity index (χ1n) is 13.0. The van der Waals surface area contributed by atoms with E-state index < -0.39 is 86.5 Å². The van der Waals surface area contributed by atoms with Crippen molar-refractivity contribution in [2.45, 2.75) is 50.0 Å². The van der Waals surface area contributed by atoms with Crippen molar-refractivity contribution in [2.24, 2.45) is 5.92 Å². The van der Waals surface area contributed by atoms with Gasteiger partial charge in [-0.3, -0.25) is 9.59 Å². The van der Waals surface area contributed by atoms with Gasteiger partial charge in [0.2, 0.25) is 0 Å². The summed E-state index contributed by atoms with van der Waals surface area (Å²) in [5.41, 5.74) is -13.7. The highest BCUT2D eigenvalue weighted by Gasteiger charge is 2.73. The number of anilines is 2. The van der Waals surface area contributed by atoms with Gasteiger partial charge in [0, 0.05) is 26.7 Å². The van der Waals surface area contributed by atoms with Crippen molar-refractivity contribution >= 4 is 50.7 Å². The maximum Gasteiger partial charge on any atom is 0.435 e. The Morgan fingerprint density at radius 1 is 0.913 bits per heavy atom. The second-order valence-electron chi connectivity index (χ2n) is 10.4. The minimum Gasteiger partial charge on any atom is -0.320 e. The van der Waals surface area contributed by atoms with E-state index in [1.165, 1.54) is 24.3 Å². The third-order valence-electron chi connectivity index (χ3n) is 7.32. The number of halogens is 13. The van der Waals surface area contributed by atoms with E-state index in [2.05, 4.69) is 15.9 Å². The molecule has 248 valence electrons. The molecule has 0 radical (unpaired) electrons. The van der Waals surface area contributed by atoms with Crippen LogP contribution in [0.15, 0.2) is 59.1 Å². The van der Waals surface area contributed by atoms with Crippen molar-refractivity contribution in [2.75, 3.05) is 10.2 Å². The molecule has 0 spiro atoms. The molecule has 1 saturated carbocycles. The first-order valence-corrected chi connectivity index (χ1v) is 14.2. The van der Waals surface area contributed by atoms with Crippen LogP contribution in [0.4, 0.5) is 59.7 Å². The fraction of sp³-hybridized carbons (Fsp3) is 0.310. The highest BCUT2D eigenvalue weighted by atomic mass is 79.9. The molecule has 0 saturated heterocycles. The van der Waals surface area contributed by atoms with E-state index in [1.807, 2.05) is 0 Å². The molecule has 0 heterocycles. The van der Waals surface area contributed by atoms with Crippen molar-refractivity contribution in [3.8, 4) is 0 Å². The molecule has 1 aliphatic rings. The molecule has 2 amide bonds. The van der Waals surface area contributed by atoms with E-state index in [1.54, 1.807) is 12.2 Å². The molecule has 17 heteroatoms. The average Bonchev–Trinajstić information content (AvgIpc) is 3.78.